The smallest absolute Gasteiger partial charge is 0.397 e. The predicted molar refractivity (Wildman–Crippen MR) is 243 cm³/mol. The second kappa shape index (κ2) is 19.2. The Morgan fingerprint density at radius 2 is 1.07 bits per heavy atom. The number of hydrogen-bond acceptors (Lipinski definition) is 22. The average molecular weight is 1030 g/mol. The Morgan fingerprint density at radius 3 is 1.59 bits per heavy atom. The van der Waals surface area contributed by atoms with Gasteiger partial charge >= 0.3 is 10.4 Å². The minimum Gasteiger partial charge on any atom is -0.573 e. The zero-order chi connectivity index (χ0) is 50.0. The van der Waals surface area contributed by atoms with E-state index in [0.717, 1.165) is 48.5 Å². The highest BCUT2D eigenvalue weighted by Gasteiger charge is 2.28. The van der Waals surface area contributed by atoms with Gasteiger partial charge in [0.2, 0.25) is 0 Å². The van der Waals surface area contributed by atoms with Gasteiger partial charge in [-0.3, -0.25) is 13.7 Å². The maximum Gasteiger partial charge on any atom is 0.397 e. The minimum atomic E-state index is -5.29. The highest BCUT2D eigenvalue weighted by molar-refractivity contribution is 7.94. The summed E-state index contributed by atoms with van der Waals surface area (Å²) in [5.41, 5.74) is 16.5. The van der Waals surface area contributed by atoms with Gasteiger partial charge in [0.1, 0.15) is 42.6 Å². The van der Waals surface area contributed by atoms with E-state index < -0.39 is 106 Å². The van der Waals surface area contributed by atoms with Gasteiger partial charge in [0.25, 0.3) is 20.2 Å². The second-order valence-electron chi connectivity index (χ2n) is 13.6. The molecule has 0 amide bonds. The number of aromatic hydroxyl groups is 1. The highest BCUT2D eigenvalue weighted by atomic mass is 32.3. The summed E-state index contributed by atoms with van der Waals surface area (Å²) in [7, 11) is -22.5. The predicted octanol–water partition coefficient (Wildman–Crippen LogP) is 7.03. The third kappa shape index (κ3) is 11.8. The number of nitrogen functional groups attached to an aromatic ring is 3. The van der Waals surface area contributed by atoms with Crippen molar-refractivity contribution in [2.45, 2.75) is 19.6 Å². The van der Waals surface area contributed by atoms with E-state index in [2.05, 4.69) is 39.6 Å². The Kier molecular flexibility index (Phi) is 14.1. The summed E-state index contributed by atoms with van der Waals surface area (Å²) in [5, 5.41) is 33.7. The Morgan fingerprint density at radius 1 is 0.588 bits per heavy atom. The van der Waals surface area contributed by atoms with Gasteiger partial charge in [0, 0.05) is 6.07 Å². The van der Waals surface area contributed by atoms with Crippen LogP contribution >= 0.6 is 0 Å². The van der Waals surface area contributed by atoms with Crippen molar-refractivity contribution in [2.24, 2.45) is 30.7 Å². The fraction of sp³-hybridized carbons (Fsp3) is 0.0811. The lowest BCUT2D eigenvalue weighted by atomic mass is 10.1. The number of anilines is 3. The van der Waals surface area contributed by atoms with E-state index in [0.29, 0.717) is 29.3 Å². The number of nitrogens with two attached hydrogens (primary N) is 3. The summed E-state index contributed by atoms with van der Waals surface area (Å²) >= 11 is 0. The fourth-order valence-corrected chi connectivity index (χ4v) is 9.64. The topological polar surface area (TPSA) is 436 Å². The molecule has 31 heteroatoms. The standard InChI is InChI=1S/C37H33N10O16S5/c1-62-30-19-29(27(38)18-28(30)39)44-41-21-2-4-24(5-3-21)47-65(51,52)26-12-8-23(9-13-26)42-45-35-31(66(53,54)55)16-20-17-32(67(56,57)58)36(37(48)33(20)34(35)40)46-43-22-6-10-25(11-7-22)64(49,50)15-14-63-68(59,60)61/h2-13,16-19H,14-15H2,1H3,(H10-,38,39,40,41,42,43,44,45,46,47,48,53,54,55,56,57,58,59,60,61)/q-1. The number of sulfone groups is 1. The summed E-state index contributed by atoms with van der Waals surface area (Å²) in [6.45, 7) is -0.909. The first-order valence-corrected chi connectivity index (χ1v) is 25.7. The number of phenols is 1. The zero-order valence-electron chi connectivity index (χ0n) is 34.2. The summed E-state index contributed by atoms with van der Waals surface area (Å²) in [6, 6.07) is 18.6. The van der Waals surface area contributed by atoms with Crippen LogP contribution in [0.25, 0.3) is 15.5 Å². The van der Waals surface area contributed by atoms with Crippen molar-refractivity contribution in [1.29, 1.82) is 0 Å². The second-order valence-corrected chi connectivity index (χ2v) is 21.2. The first-order chi connectivity index (χ1) is 31.7. The van der Waals surface area contributed by atoms with Gasteiger partial charge in [-0.25, -0.2) is 21.0 Å². The molecule has 0 aromatic heterocycles. The molecule has 0 aliphatic carbocycles. The number of nitrogens with zero attached hydrogens (tertiary/aromatic N) is 7. The lowest BCUT2D eigenvalue weighted by Gasteiger charge is -2.21. The van der Waals surface area contributed by atoms with Gasteiger partial charge in [-0.15, -0.1) is 21.0 Å². The summed E-state index contributed by atoms with van der Waals surface area (Å²) in [6.07, 6.45) is 0. The number of rotatable bonds is 17. The van der Waals surface area contributed by atoms with E-state index in [1.807, 2.05) is 0 Å². The van der Waals surface area contributed by atoms with Crippen LogP contribution in [-0.2, 0) is 54.7 Å². The van der Waals surface area contributed by atoms with Crippen LogP contribution in [0.4, 0.5) is 56.9 Å². The van der Waals surface area contributed by atoms with Crippen molar-refractivity contribution in [3.05, 3.63) is 102 Å². The monoisotopic (exact) mass is 1030 g/mol. The molecule has 0 bridgehead atoms. The first kappa shape index (κ1) is 50.2. The third-order valence-electron chi connectivity index (χ3n) is 9.04. The number of benzene rings is 6. The normalized spacial score (nSPS) is 12.9. The molecule has 0 heterocycles. The van der Waals surface area contributed by atoms with Crippen LogP contribution in [0.2, 0.25) is 0 Å². The van der Waals surface area contributed by atoms with Crippen LogP contribution in [-0.4, -0.2) is 80.3 Å². The van der Waals surface area contributed by atoms with E-state index in [9.17, 15) is 56.3 Å². The molecule has 26 nitrogen and oxygen atoms in total. The molecule has 10 N–H and O–H groups in total. The van der Waals surface area contributed by atoms with Gasteiger partial charge < -0.3 is 31.8 Å². The van der Waals surface area contributed by atoms with Crippen molar-refractivity contribution in [3.8, 4) is 11.5 Å². The van der Waals surface area contributed by atoms with Gasteiger partial charge in [0.15, 0.2) is 15.6 Å². The molecule has 6 aromatic carbocycles. The van der Waals surface area contributed by atoms with Gasteiger partial charge in [-0.2, -0.15) is 40.6 Å². The van der Waals surface area contributed by atoms with Gasteiger partial charge in [-0.1, -0.05) is 12.1 Å². The van der Waals surface area contributed by atoms with Crippen molar-refractivity contribution in [1.82, 2.24) is 0 Å². The van der Waals surface area contributed by atoms with Crippen LogP contribution in [0, 0.1) is 0 Å². The molecule has 0 unspecified atom stereocenters. The number of fused-ring (bicyclic) bond motifs is 1. The van der Waals surface area contributed by atoms with Crippen LogP contribution in [0.5, 0.6) is 11.5 Å². The van der Waals surface area contributed by atoms with Crippen LogP contribution in [0.15, 0.2) is 147 Å². The van der Waals surface area contributed by atoms with Crippen LogP contribution < -0.4 is 21.9 Å². The maximum atomic E-state index is 13.2. The van der Waals surface area contributed by atoms with Crippen LogP contribution in [0.3, 0.4) is 0 Å². The molecule has 0 radical (unpaired) electrons. The van der Waals surface area contributed by atoms with E-state index in [1.165, 1.54) is 43.5 Å². The van der Waals surface area contributed by atoms with Crippen molar-refractivity contribution < 1.29 is 69.8 Å². The molecule has 6 aromatic rings. The Balaban J connectivity index is 1.26. The SMILES string of the molecule is COc1cc(N=Nc2ccc([N-]S(=O)(=O)c3ccc(N=Nc4c(S(=O)(=O)O)cc5cc(S(=O)(=O)O)c(N=Nc6ccc(S(=O)(=O)CCOS(=O)(=O)O)cc6)c(O)c5c4N)cc3)cc2)c(N)cc1N. The van der Waals surface area contributed by atoms with Gasteiger partial charge in [-0.05, 0) is 84.2 Å². The summed E-state index contributed by atoms with van der Waals surface area (Å²) in [4.78, 5) is -2.82. The first-order valence-electron chi connectivity index (χ1n) is 18.3. The average Bonchev–Trinajstić information content (AvgIpc) is 3.24. The number of ether oxygens (including phenoxy) is 1. The Hall–Kier alpha value is -7.23. The Labute approximate surface area is 386 Å². The quantitative estimate of drug-likeness (QED) is 0.0274. The number of sulfonamides is 1. The molecule has 0 spiro atoms. The molecule has 0 aliphatic rings. The molecule has 0 saturated carbocycles. The largest absolute Gasteiger partial charge is 0.573 e. The zero-order valence-corrected chi connectivity index (χ0v) is 38.3. The summed E-state index contributed by atoms with van der Waals surface area (Å²) in [5.74, 6) is -1.63. The number of azo groups is 3. The van der Waals surface area contributed by atoms with Crippen molar-refractivity contribution >= 4 is 118 Å². The van der Waals surface area contributed by atoms with E-state index in [-0.39, 0.29) is 38.2 Å². The molecular formula is C37H33N10O16S5-. The molecule has 0 fully saturated rings. The van der Waals surface area contributed by atoms with E-state index in [1.54, 1.807) is 0 Å². The lowest BCUT2D eigenvalue weighted by Crippen LogP contribution is -2.15. The molecule has 0 atom stereocenters. The number of hydrogen-bond donors (Lipinski definition) is 7. The molecule has 358 valence electrons. The number of phenolic OH excluding ortho intramolecular Hbond substituents is 1. The highest BCUT2D eigenvalue weighted by Crippen LogP contribution is 2.48. The molecule has 6 rings (SSSR count). The maximum absolute atomic E-state index is 13.2. The molecular weight excluding hydrogens is 1000 g/mol. The van der Waals surface area contributed by atoms with Crippen LogP contribution in [0.1, 0.15) is 0 Å². The van der Waals surface area contributed by atoms with E-state index >= 15 is 0 Å². The van der Waals surface area contributed by atoms with E-state index in [4.69, 9.17) is 26.5 Å². The van der Waals surface area contributed by atoms with Crippen molar-refractivity contribution in [3.63, 3.8) is 0 Å². The number of methoxy groups -OCH3 is 1. The minimum absolute atomic E-state index is 0.0242. The molecule has 68 heavy (non-hydrogen) atoms. The fourth-order valence-electron chi connectivity index (χ4n) is 5.84. The van der Waals surface area contributed by atoms with Gasteiger partial charge in [0.05, 0.1) is 68.8 Å². The molecule has 0 aliphatic heterocycles. The Bertz CT molecular complexity index is 3630. The van der Waals surface area contributed by atoms with Crippen molar-refractivity contribution in [2.75, 3.05) is 36.7 Å². The summed E-state index contributed by atoms with van der Waals surface area (Å²) < 4.78 is 165. The third-order valence-corrected chi connectivity index (χ3v) is 14.3. The lowest BCUT2D eigenvalue weighted by molar-refractivity contribution is 0.284. The molecule has 0 saturated heterocycles.